The minimum Gasteiger partial charge on any atom is -0.444 e. The molecule has 5 heteroatoms. The molecule has 1 saturated heterocycles. The minimum atomic E-state index is -0.559. The van der Waals surface area contributed by atoms with E-state index in [1.165, 1.54) is 0 Å². The number of hydrogen-bond acceptors (Lipinski definition) is 3. The van der Waals surface area contributed by atoms with Gasteiger partial charge in [0.05, 0.1) is 19.3 Å². The molecule has 120 valence electrons. The van der Waals surface area contributed by atoms with E-state index in [0.717, 1.165) is 11.1 Å². The summed E-state index contributed by atoms with van der Waals surface area (Å²) in [5, 5.41) is 0.608. The predicted molar refractivity (Wildman–Crippen MR) is 87.1 cm³/mol. The molecule has 2 rings (SSSR count). The standard InChI is InChI=1S/C17H22ClNO3/c1-12-9-19(16(20)22-17(2,3)4)15(11-21-10-12)13-7-5-6-8-14(13)18/h5-8,15H,1,9-11H2,2-4H3/t15-/m0/s1. The number of carbonyl (C=O) groups is 1. The van der Waals surface area contributed by atoms with Crippen molar-refractivity contribution in [2.75, 3.05) is 19.8 Å². The first kappa shape index (κ1) is 16.8. The lowest BCUT2D eigenvalue weighted by atomic mass is 10.1. The smallest absolute Gasteiger partial charge is 0.411 e. The monoisotopic (exact) mass is 323 g/mol. The van der Waals surface area contributed by atoms with Crippen LogP contribution in [0.2, 0.25) is 5.02 Å². The molecule has 1 amide bonds. The molecule has 0 spiro atoms. The van der Waals surface area contributed by atoms with Crippen molar-refractivity contribution >= 4 is 17.7 Å². The number of amides is 1. The van der Waals surface area contributed by atoms with Crippen molar-refractivity contribution in [3.63, 3.8) is 0 Å². The van der Waals surface area contributed by atoms with Gasteiger partial charge in [0, 0.05) is 11.6 Å². The molecule has 1 fully saturated rings. The highest BCUT2D eigenvalue weighted by Gasteiger charge is 2.32. The molecular formula is C17H22ClNO3. The van der Waals surface area contributed by atoms with Gasteiger partial charge in [-0.15, -0.1) is 0 Å². The SMILES string of the molecule is C=C1COC[C@@H](c2ccccc2Cl)N(C(=O)OC(C)(C)C)C1. The van der Waals surface area contributed by atoms with Crippen LogP contribution >= 0.6 is 11.6 Å². The van der Waals surface area contributed by atoms with Gasteiger partial charge in [0.25, 0.3) is 0 Å². The van der Waals surface area contributed by atoms with Crippen LogP contribution in [-0.2, 0) is 9.47 Å². The summed E-state index contributed by atoms with van der Waals surface area (Å²) in [6.07, 6.45) is -0.385. The average molecular weight is 324 g/mol. The molecule has 22 heavy (non-hydrogen) atoms. The molecule has 1 heterocycles. The summed E-state index contributed by atoms with van der Waals surface area (Å²) in [6, 6.07) is 7.18. The Hall–Kier alpha value is -1.52. The van der Waals surface area contributed by atoms with E-state index >= 15 is 0 Å². The summed E-state index contributed by atoms with van der Waals surface area (Å²) in [7, 11) is 0. The minimum absolute atomic E-state index is 0.289. The quantitative estimate of drug-likeness (QED) is 0.727. The summed E-state index contributed by atoms with van der Waals surface area (Å²) in [5.74, 6) is 0. The highest BCUT2D eigenvalue weighted by molar-refractivity contribution is 6.31. The summed E-state index contributed by atoms with van der Waals surface area (Å²) in [6.45, 7) is 10.7. The van der Waals surface area contributed by atoms with Crippen LogP contribution in [0.5, 0.6) is 0 Å². The first-order chi connectivity index (χ1) is 10.3. The fraction of sp³-hybridized carbons (Fsp3) is 0.471. The average Bonchev–Trinajstić information content (AvgIpc) is 2.59. The lowest BCUT2D eigenvalue weighted by Crippen LogP contribution is -2.40. The normalized spacial score (nSPS) is 19.7. The Labute approximate surface area is 136 Å². The van der Waals surface area contributed by atoms with E-state index in [9.17, 15) is 4.79 Å². The Kier molecular flexibility index (Phi) is 5.14. The topological polar surface area (TPSA) is 38.8 Å². The second-order valence-electron chi connectivity index (χ2n) is 6.41. The van der Waals surface area contributed by atoms with Crippen LogP contribution in [0.3, 0.4) is 0 Å². The van der Waals surface area contributed by atoms with Gasteiger partial charge in [-0.3, -0.25) is 4.90 Å². The zero-order chi connectivity index (χ0) is 16.3. The number of halogens is 1. The first-order valence-electron chi connectivity index (χ1n) is 7.26. The van der Waals surface area contributed by atoms with Crippen LogP contribution in [0, 0.1) is 0 Å². The molecule has 4 nitrogen and oxygen atoms in total. The van der Waals surface area contributed by atoms with Crippen molar-refractivity contribution in [2.24, 2.45) is 0 Å². The molecule has 0 radical (unpaired) electrons. The second kappa shape index (κ2) is 6.71. The molecule has 1 atom stereocenters. The van der Waals surface area contributed by atoms with E-state index in [1.807, 2.05) is 45.0 Å². The third-order valence-electron chi connectivity index (χ3n) is 3.24. The molecule has 0 unspecified atom stereocenters. The third kappa shape index (κ3) is 4.24. The van der Waals surface area contributed by atoms with Gasteiger partial charge in [0.15, 0.2) is 0 Å². The Bertz CT molecular complexity index is 565. The van der Waals surface area contributed by atoms with E-state index in [4.69, 9.17) is 21.1 Å². The Morgan fingerprint density at radius 1 is 1.41 bits per heavy atom. The van der Waals surface area contributed by atoms with Crippen molar-refractivity contribution in [3.8, 4) is 0 Å². The number of benzene rings is 1. The van der Waals surface area contributed by atoms with Gasteiger partial charge in [-0.25, -0.2) is 4.79 Å². The molecule has 1 aromatic carbocycles. The van der Waals surface area contributed by atoms with Crippen molar-refractivity contribution in [3.05, 3.63) is 47.0 Å². The summed E-state index contributed by atoms with van der Waals surface area (Å²) in [5.41, 5.74) is 1.13. The van der Waals surface area contributed by atoms with Gasteiger partial charge in [0.1, 0.15) is 5.60 Å². The summed E-state index contributed by atoms with van der Waals surface area (Å²) >= 11 is 6.29. The fourth-order valence-electron chi connectivity index (χ4n) is 2.32. The van der Waals surface area contributed by atoms with Crippen molar-refractivity contribution in [2.45, 2.75) is 32.4 Å². The number of hydrogen-bond donors (Lipinski definition) is 0. The molecule has 0 saturated carbocycles. The zero-order valence-corrected chi connectivity index (χ0v) is 14.0. The van der Waals surface area contributed by atoms with Crippen molar-refractivity contribution in [1.29, 1.82) is 0 Å². The van der Waals surface area contributed by atoms with Crippen LogP contribution < -0.4 is 0 Å². The molecule has 0 aromatic heterocycles. The lowest BCUT2D eigenvalue weighted by Gasteiger charge is -2.32. The van der Waals surface area contributed by atoms with E-state index in [-0.39, 0.29) is 12.1 Å². The number of carbonyl (C=O) groups excluding carboxylic acids is 1. The highest BCUT2D eigenvalue weighted by atomic mass is 35.5. The number of ether oxygens (including phenoxy) is 2. The maximum Gasteiger partial charge on any atom is 0.411 e. The highest BCUT2D eigenvalue weighted by Crippen LogP contribution is 2.31. The summed E-state index contributed by atoms with van der Waals surface area (Å²) < 4.78 is 11.2. The maximum absolute atomic E-state index is 12.6. The van der Waals surface area contributed by atoms with Crippen molar-refractivity contribution < 1.29 is 14.3 Å². The summed E-state index contributed by atoms with van der Waals surface area (Å²) in [4.78, 5) is 14.2. The van der Waals surface area contributed by atoms with Crippen LogP contribution in [0.4, 0.5) is 4.79 Å². The van der Waals surface area contributed by atoms with Crippen LogP contribution in [0.25, 0.3) is 0 Å². The molecule has 1 aromatic rings. The van der Waals surface area contributed by atoms with Crippen LogP contribution in [-0.4, -0.2) is 36.4 Å². The molecule has 0 N–H and O–H groups in total. The van der Waals surface area contributed by atoms with E-state index in [2.05, 4.69) is 6.58 Å². The maximum atomic E-state index is 12.6. The van der Waals surface area contributed by atoms with Crippen molar-refractivity contribution in [1.82, 2.24) is 4.90 Å². The van der Waals surface area contributed by atoms with Gasteiger partial charge in [-0.2, -0.15) is 0 Å². The second-order valence-corrected chi connectivity index (χ2v) is 6.82. The zero-order valence-electron chi connectivity index (χ0n) is 13.3. The van der Waals surface area contributed by atoms with Gasteiger partial charge in [-0.1, -0.05) is 36.4 Å². The Morgan fingerprint density at radius 2 is 2.09 bits per heavy atom. The van der Waals surface area contributed by atoms with E-state index in [1.54, 1.807) is 4.90 Å². The molecule has 1 aliphatic rings. The van der Waals surface area contributed by atoms with Crippen LogP contribution in [0.1, 0.15) is 32.4 Å². The largest absolute Gasteiger partial charge is 0.444 e. The molecule has 0 aliphatic carbocycles. The predicted octanol–water partition coefficient (Wildman–Crippen LogP) is 4.20. The Morgan fingerprint density at radius 3 is 2.73 bits per heavy atom. The van der Waals surface area contributed by atoms with Gasteiger partial charge in [0.2, 0.25) is 0 Å². The molecule has 0 bridgehead atoms. The number of nitrogens with zero attached hydrogens (tertiary/aromatic N) is 1. The van der Waals surface area contributed by atoms with E-state index < -0.39 is 5.60 Å². The third-order valence-corrected chi connectivity index (χ3v) is 3.59. The van der Waals surface area contributed by atoms with E-state index in [0.29, 0.717) is 24.8 Å². The first-order valence-corrected chi connectivity index (χ1v) is 7.64. The van der Waals surface area contributed by atoms with Gasteiger partial charge >= 0.3 is 6.09 Å². The Balaban J connectivity index is 2.33. The lowest BCUT2D eigenvalue weighted by molar-refractivity contribution is 0.0122. The van der Waals surface area contributed by atoms with Crippen LogP contribution in [0.15, 0.2) is 36.4 Å². The molecular weight excluding hydrogens is 302 g/mol. The van der Waals surface area contributed by atoms with Gasteiger partial charge in [-0.05, 0) is 38.0 Å². The number of rotatable bonds is 1. The molecule has 1 aliphatic heterocycles. The van der Waals surface area contributed by atoms with Gasteiger partial charge < -0.3 is 9.47 Å². The fourth-order valence-corrected chi connectivity index (χ4v) is 2.58.